The molecule has 0 bridgehead atoms. The van der Waals surface area contributed by atoms with Crippen LogP contribution in [0.15, 0.2) is 4.99 Å². The maximum Gasteiger partial charge on any atom is 0.0492 e. The standard InChI is InChI=1S/C6H11N.C5H13N.C2H6/c1-5(7-2)6-3-4-6;1-4-6-5(2)3;1-2/h5-6H,2-4H2,1H3;5-6H,4H2,1-3H3;1-2H3. The highest BCUT2D eigenvalue weighted by Gasteiger charge is 2.26. The highest BCUT2D eigenvalue weighted by Crippen LogP contribution is 2.33. The van der Waals surface area contributed by atoms with E-state index in [1.807, 2.05) is 13.8 Å². The van der Waals surface area contributed by atoms with Crippen LogP contribution >= 0.6 is 0 Å². The highest BCUT2D eigenvalue weighted by atomic mass is 14.9. The molecule has 15 heavy (non-hydrogen) atoms. The molecule has 1 fully saturated rings. The van der Waals surface area contributed by atoms with Crippen LogP contribution in [0.2, 0.25) is 0 Å². The summed E-state index contributed by atoms with van der Waals surface area (Å²) < 4.78 is 0. The molecule has 0 amide bonds. The van der Waals surface area contributed by atoms with Crippen LogP contribution in [0.25, 0.3) is 0 Å². The minimum atomic E-state index is 0.528. The van der Waals surface area contributed by atoms with E-state index in [-0.39, 0.29) is 0 Å². The van der Waals surface area contributed by atoms with E-state index in [1.165, 1.54) is 12.8 Å². The van der Waals surface area contributed by atoms with E-state index in [4.69, 9.17) is 0 Å². The first-order valence-electron chi connectivity index (χ1n) is 6.31. The first kappa shape index (κ1) is 17.0. The van der Waals surface area contributed by atoms with Crippen molar-refractivity contribution in [1.82, 2.24) is 5.32 Å². The van der Waals surface area contributed by atoms with Gasteiger partial charge in [0.25, 0.3) is 0 Å². The van der Waals surface area contributed by atoms with Crippen molar-refractivity contribution in [2.75, 3.05) is 6.54 Å². The summed E-state index contributed by atoms with van der Waals surface area (Å²) in [7, 11) is 0. The molecule has 92 valence electrons. The molecule has 0 saturated heterocycles. The van der Waals surface area contributed by atoms with Gasteiger partial charge in [-0.25, -0.2) is 0 Å². The fourth-order valence-corrected chi connectivity index (χ4v) is 1.14. The molecule has 0 heterocycles. The van der Waals surface area contributed by atoms with Crippen LogP contribution in [0.1, 0.15) is 54.4 Å². The van der Waals surface area contributed by atoms with E-state index in [2.05, 4.69) is 44.7 Å². The number of nitrogens with zero attached hydrogens (tertiary/aromatic N) is 1. The van der Waals surface area contributed by atoms with Gasteiger partial charge in [-0.15, -0.1) is 0 Å². The van der Waals surface area contributed by atoms with Crippen LogP contribution in [0.5, 0.6) is 0 Å². The number of nitrogens with one attached hydrogen (secondary N) is 1. The molecule has 2 nitrogen and oxygen atoms in total. The van der Waals surface area contributed by atoms with Gasteiger partial charge < -0.3 is 5.32 Å². The van der Waals surface area contributed by atoms with Crippen molar-refractivity contribution in [1.29, 1.82) is 0 Å². The molecule has 1 rings (SSSR count). The summed E-state index contributed by atoms with van der Waals surface area (Å²) in [5.41, 5.74) is 0. The molecule has 1 N–H and O–H groups in total. The summed E-state index contributed by atoms with van der Waals surface area (Å²) in [4.78, 5) is 3.90. The first-order valence-corrected chi connectivity index (χ1v) is 6.31. The summed E-state index contributed by atoms with van der Waals surface area (Å²) in [6, 6.07) is 1.18. The van der Waals surface area contributed by atoms with Crippen LogP contribution in [0.3, 0.4) is 0 Å². The molecule has 0 aromatic carbocycles. The SMILES string of the molecule is C=NC(C)C1CC1.CC.CCNC(C)C. The lowest BCUT2D eigenvalue weighted by Gasteiger charge is -2.00. The molecule has 0 aromatic rings. The summed E-state index contributed by atoms with van der Waals surface area (Å²) in [5, 5.41) is 3.21. The van der Waals surface area contributed by atoms with Gasteiger partial charge in [0, 0.05) is 12.1 Å². The molecule has 1 unspecified atom stereocenters. The second-order valence-electron chi connectivity index (χ2n) is 3.97. The molecule has 1 aliphatic carbocycles. The van der Waals surface area contributed by atoms with E-state index in [0.29, 0.717) is 12.1 Å². The molecular formula is C13H30N2. The van der Waals surface area contributed by atoms with E-state index in [0.717, 1.165) is 12.5 Å². The summed E-state index contributed by atoms with van der Waals surface area (Å²) in [6.45, 7) is 17.1. The van der Waals surface area contributed by atoms with Crippen molar-refractivity contribution in [3.63, 3.8) is 0 Å². The van der Waals surface area contributed by atoms with Gasteiger partial charge in [-0.2, -0.15) is 0 Å². The zero-order valence-corrected chi connectivity index (χ0v) is 11.5. The van der Waals surface area contributed by atoms with Gasteiger partial charge in [0.2, 0.25) is 0 Å². The second kappa shape index (κ2) is 11.7. The Kier molecular flexibility index (Phi) is 13.3. The van der Waals surface area contributed by atoms with E-state index >= 15 is 0 Å². The Labute approximate surface area is 96.6 Å². The molecule has 1 aliphatic rings. The maximum absolute atomic E-state index is 3.90. The zero-order valence-electron chi connectivity index (χ0n) is 11.5. The topological polar surface area (TPSA) is 24.4 Å². The quantitative estimate of drug-likeness (QED) is 0.712. The molecule has 1 saturated carbocycles. The Hall–Kier alpha value is -0.370. The van der Waals surface area contributed by atoms with Crippen LogP contribution in [-0.2, 0) is 0 Å². The van der Waals surface area contributed by atoms with Gasteiger partial charge in [0.05, 0.1) is 0 Å². The Balaban J connectivity index is 0. The number of rotatable bonds is 4. The fraction of sp³-hybridized carbons (Fsp3) is 0.923. The monoisotopic (exact) mass is 214 g/mol. The van der Waals surface area contributed by atoms with Gasteiger partial charge in [-0.3, -0.25) is 4.99 Å². The Morgan fingerprint density at radius 1 is 1.27 bits per heavy atom. The molecule has 1 atom stereocenters. The fourth-order valence-electron chi connectivity index (χ4n) is 1.14. The summed E-state index contributed by atoms with van der Waals surface area (Å²) >= 11 is 0. The van der Waals surface area contributed by atoms with Crippen LogP contribution in [-0.4, -0.2) is 25.3 Å². The average Bonchev–Trinajstić information content (AvgIpc) is 3.04. The lowest BCUT2D eigenvalue weighted by atomic mass is 10.2. The number of hydrogen-bond donors (Lipinski definition) is 1. The van der Waals surface area contributed by atoms with E-state index in [9.17, 15) is 0 Å². The maximum atomic E-state index is 3.90. The predicted molar refractivity (Wildman–Crippen MR) is 71.9 cm³/mol. The van der Waals surface area contributed by atoms with Crippen molar-refractivity contribution in [2.24, 2.45) is 10.9 Å². The van der Waals surface area contributed by atoms with Crippen LogP contribution in [0.4, 0.5) is 0 Å². The molecule has 0 radical (unpaired) electrons. The van der Waals surface area contributed by atoms with Gasteiger partial charge in [0.15, 0.2) is 0 Å². The Morgan fingerprint density at radius 3 is 1.80 bits per heavy atom. The Bertz CT molecular complexity index is 128. The largest absolute Gasteiger partial charge is 0.315 e. The van der Waals surface area contributed by atoms with E-state index < -0.39 is 0 Å². The lowest BCUT2D eigenvalue weighted by Crippen LogP contribution is -2.21. The normalized spacial score (nSPS) is 15.7. The smallest absolute Gasteiger partial charge is 0.0492 e. The first-order chi connectivity index (χ1) is 7.11. The predicted octanol–water partition coefficient (Wildman–Crippen LogP) is 3.52. The Morgan fingerprint density at radius 2 is 1.73 bits per heavy atom. The van der Waals surface area contributed by atoms with Crippen LogP contribution in [0, 0.1) is 5.92 Å². The van der Waals surface area contributed by atoms with Crippen molar-refractivity contribution in [3.8, 4) is 0 Å². The highest BCUT2D eigenvalue weighted by molar-refractivity contribution is 5.24. The van der Waals surface area contributed by atoms with Gasteiger partial charge in [0.1, 0.15) is 0 Å². The van der Waals surface area contributed by atoms with Gasteiger partial charge in [-0.05, 0) is 38.9 Å². The van der Waals surface area contributed by atoms with Gasteiger partial charge in [-0.1, -0.05) is 34.6 Å². The van der Waals surface area contributed by atoms with Crippen molar-refractivity contribution in [3.05, 3.63) is 0 Å². The minimum Gasteiger partial charge on any atom is -0.315 e. The lowest BCUT2D eigenvalue weighted by molar-refractivity contribution is 0.613. The average molecular weight is 214 g/mol. The molecular weight excluding hydrogens is 184 g/mol. The number of aliphatic imine (C=N–C) groups is 1. The van der Waals surface area contributed by atoms with Crippen LogP contribution < -0.4 is 5.32 Å². The summed E-state index contributed by atoms with van der Waals surface area (Å²) in [6.07, 6.45) is 2.75. The molecule has 0 aliphatic heterocycles. The van der Waals surface area contributed by atoms with Gasteiger partial charge >= 0.3 is 0 Å². The third-order valence-electron chi connectivity index (χ3n) is 2.20. The second-order valence-corrected chi connectivity index (χ2v) is 3.97. The van der Waals surface area contributed by atoms with Crippen molar-refractivity contribution >= 4 is 6.72 Å². The van der Waals surface area contributed by atoms with Crippen molar-refractivity contribution in [2.45, 2.75) is 66.5 Å². The molecule has 2 heteroatoms. The van der Waals surface area contributed by atoms with Crippen molar-refractivity contribution < 1.29 is 0 Å². The molecule has 0 spiro atoms. The molecule has 0 aromatic heterocycles. The third-order valence-corrected chi connectivity index (χ3v) is 2.20. The summed E-state index contributed by atoms with van der Waals surface area (Å²) in [5.74, 6) is 0.887. The van der Waals surface area contributed by atoms with E-state index in [1.54, 1.807) is 0 Å². The third kappa shape index (κ3) is 13.6. The number of hydrogen-bond acceptors (Lipinski definition) is 2. The minimum absolute atomic E-state index is 0.528. The zero-order chi connectivity index (χ0) is 12.3.